The van der Waals surface area contributed by atoms with E-state index in [1.807, 2.05) is 36.4 Å². The number of hydrogen-bond acceptors (Lipinski definition) is 16. The SMILES string of the molecule is C.NC1=NC2(CO1)c1cc(O)ccc1Oc1ccc(-c3cncnc3)cc12.NC1=NC2(CO1)c1cc(O)ccc1Oc1ccc(Br)cc12.OB(O)c1cncnc1. The van der Waals surface area contributed by atoms with Crippen LogP contribution in [0.4, 0.5) is 0 Å². The molecule has 2 spiro atoms. The molecule has 0 saturated heterocycles. The average Bonchev–Trinajstić information content (AvgIpc) is 3.80. The van der Waals surface area contributed by atoms with Crippen molar-refractivity contribution in [3.8, 4) is 45.6 Å². The standard InChI is InChI=1S/C19H14N4O3.C15H11BrN2O3.C4H5BN2O2.CH4/c20-18-23-19(9-25-18)14-5-11(12-7-21-10-22-8-12)1-3-16(14)26-17-4-2-13(24)6-15(17)19;16-8-1-3-12-10(5-8)15(7-20-14(17)18-15)11-6-9(19)2-4-13(11)21-12;8-5(9)4-1-6-3-7-2-4;/h1-8,10,24H,9H2,(H2,20,23);1-6,19H,7H2,(H2,17,18);1-3,8-9H;1H4. The topological polar surface area (TPSA) is 246 Å². The third-order valence-electron chi connectivity index (χ3n) is 9.30. The molecule has 0 saturated carbocycles. The number of aromatic hydroxyl groups is 2. The fraction of sp³-hybridized carbons (Fsp3) is 0.128. The van der Waals surface area contributed by atoms with Gasteiger partial charge in [-0.1, -0.05) is 29.4 Å². The van der Waals surface area contributed by atoms with Crippen LogP contribution in [0.2, 0.25) is 0 Å². The Morgan fingerprint density at radius 2 is 1.02 bits per heavy atom. The van der Waals surface area contributed by atoms with E-state index in [2.05, 4.69) is 45.9 Å². The van der Waals surface area contributed by atoms with Crippen LogP contribution >= 0.6 is 15.9 Å². The largest absolute Gasteiger partial charge is 0.508 e. The van der Waals surface area contributed by atoms with E-state index in [0.29, 0.717) is 34.0 Å². The Morgan fingerprint density at radius 3 is 1.47 bits per heavy atom. The second-order valence-corrected chi connectivity index (χ2v) is 13.7. The van der Waals surface area contributed by atoms with E-state index < -0.39 is 18.2 Å². The summed E-state index contributed by atoms with van der Waals surface area (Å²) in [5.74, 6) is 2.92. The summed E-state index contributed by atoms with van der Waals surface area (Å²) >= 11 is 3.46. The van der Waals surface area contributed by atoms with Crippen molar-refractivity contribution < 1.29 is 39.2 Å². The molecule has 2 atom stereocenters. The Bertz CT molecular complexity index is 2460. The molecule has 4 aliphatic rings. The molecule has 0 fully saturated rings. The second kappa shape index (κ2) is 15.4. The van der Waals surface area contributed by atoms with E-state index in [1.54, 1.807) is 48.8 Å². The Labute approximate surface area is 334 Å². The minimum absolute atomic E-state index is 0. The predicted octanol–water partition coefficient (Wildman–Crippen LogP) is 4.18. The highest BCUT2D eigenvalue weighted by Crippen LogP contribution is 2.53. The summed E-state index contributed by atoms with van der Waals surface area (Å²) in [6.07, 6.45) is 8.99. The zero-order valence-corrected chi connectivity index (χ0v) is 30.6. The van der Waals surface area contributed by atoms with Crippen molar-refractivity contribution in [1.82, 2.24) is 19.9 Å². The number of ether oxygens (including phenoxy) is 4. The number of amidine groups is 2. The summed E-state index contributed by atoms with van der Waals surface area (Å²) in [6.45, 7) is 0.516. The van der Waals surface area contributed by atoms with Crippen LogP contribution in [0.25, 0.3) is 11.1 Å². The predicted molar refractivity (Wildman–Crippen MR) is 213 cm³/mol. The number of fused-ring (bicyclic) bond motifs is 8. The zero-order valence-electron chi connectivity index (χ0n) is 29.0. The molecule has 0 bridgehead atoms. The molecule has 6 heterocycles. The molecule has 4 aromatic carbocycles. The van der Waals surface area contributed by atoms with Crippen LogP contribution in [-0.4, -0.2) is 72.6 Å². The number of phenols is 2. The van der Waals surface area contributed by atoms with Gasteiger partial charge in [-0.2, -0.15) is 0 Å². The Morgan fingerprint density at radius 1 is 0.579 bits per heavy atom. The Hall–Kier alpha value is -6.76. The molecule has 10 rings (SSSR count). The van der Waals surface area contributed by atoms with Crippen molar-refractivity contribution in [2.45, 2.75) is 18.5 Å². The van der Waals surface area contributed by atoms with Gasteiger partial charge in [0.1, 0.15) is 60.4 Å². The van der Waals surface area contributed by atoms with E-state index in [0.717, 1.165) is 32.3 Å². The quantitative estimate of drug-likeness (QED) is 0.134. The highest BCUT2D eigenvalue weighted by molar-refractivity contribution is 9.10. The van der Waals surface area contributed by atoms with Gasteiger partial charge in [0.05, 0.1) is 0 Å². The molecular formula is C39H34BBrN8O8. The fourth-order valence-corrected chi connectivity index (χ4v) is 7.09. The molecule has 0 amide bonds. The smallest absolute Gasteiger partial charge is 0.491 e. The third kappa shape index (κ3) is 7.24. The molecule has 16 nitrogen and oxygen atoms in total. The first kappa shape index (κ1) is 38.5. The van der Waals surface area contributed by atoms with Crippen LogP contribution in [-0.2, 0) is 20.6 Å². The minimum atomic E-state index is -1.47. The van der Waals surface area contributed by atoms with Gasteiger partial charge in [-0.15, -0.1) is 0 Å². The normalized spacial score (nSPS) is 18.6. The first-order valence-electron chi connectivity index (χ1n) is 16.8. The van der Waals surface area contributed by atoms with Gasteiger partial charge in [0, 0.05) is 62.5 Å². The molecule has 2 unspecified atom stereocenters. The van der Waals surface area contributed by atoms with Crippen molar-refractivity contribution in [3.05, 3.63) is 137 Å². The molecule has 4 aliphatic heterocycles. The van der Waals surface area contributed by atoms with Crippen molar-refractivity contribution >= 4 is 40.6 Å². The van der Waals surface area contributed by atoms with E-state index in [9.17, 15) is 10.2 Å². The van der Waals surface area contributed by atoms with Crippen LogP contribution in [0.5, 0.6) is 34.5 Å². The van der Waals surface area contributed by atoms with Gasteiger partial charge >= 0.3 is 7.12 Å². The summed E-state index contributed by atoms with van der Waals surface area (Å²) in [5, 5.41) is 36.8. The summed E-state index contributed by atoms with van der Waals surface area (Å²) in [5.41, 5.74) is 15.2. The van der Waals surface area contributed by atoms with E-state index in [1.165, 1.54) is 25.0 Å². The number of aromatic nitrogens is 4. The van der Waals surface area contributed by atoms with Crippen LogP contribution in [0, 0.1) is 0 Å². The molecule has 57 heavy (non-hydrogen) atoms. The van der Waals surface area contributed by atoms with Gasteiger partial charge in [-0.3, -0.25) is 0 Å². The molecule has 288 valence electrons. The van der Waals surface area contributed by atoms with Gasteiger partial charge < -0.3 is 50.7 Å². The van der Waals surface area contributed by atoms with Gasteiger partial charge in [0.2, 0.25) is 0 Å². The minimum Gasteiger partial charge on any atom is -0.508 e. The van der Waals surface area contributed by atoms with Crippen molar-refractivity contribution in [1.29, 1.82) is 0 Å². The number of aliphatic imine (C=N–C) groups is 2. The van der Waals surface area contributed by atoms with Gasteiger partial charge in [0.25, 0.3) is 12.0 Å². The molecule has 6 aromatic rings. The Kier molecular flexibility index (Phi) is 10.4. The van der Waals surface area contributed by atoms with Gasteiger partial charge in [-0.25, -0.2) is 29.9 Å². The van der Waals surface area contributed by atoms with E-state index in [4.69, 9.17) is 40.5 Å². The summed E-state index contributed by atoms with van der Waals surface area (Å²) in [6, 6.07) is 21.7. The molecule has 18 heteroatoms. The molecule has 2 aromatic heterocycles. The van der Waals surface area contributed by atoms with E-state index in [-0.39, 0.29) is 44.2 Å². The fourth-order valence-electron chi connectivity index (χ4n) is 6.73. The van der Waals surface area contributed by atoms with Crippen molar-refractivity contribution in [3.63, 3.8) is 0 Å². The lowest BCUT2D eigenvalue weighted by atomic mass is 9.80. The number of nitrogens with two attached hydrogens (primary N) is 2. The lowest BCUT2D eigenvalue weighted by Crippen LogP contribution is -2.31. The number of halogens is 1. The van der Waals surface area contributed by atoms with Crippen LogP contribution in [0.15, 0.2) is 125 Å². The maximum absolute atomic E-state index is 9.99. The number of nitrogens with zero attached hydrogens (tertiary/aromatic N) is 6. The van der Waals surface area contributed by atoms with Crippen LogP contribution in [0.1, 0.15) is 29.7 Å². The molecule has 0 aliphatic carbocycles. The van der Waals surface area contributed by atoms with Crippen molar-refractivity contribution in [2.24, 2.45) is 21.5 Å². The first-order valence-corrected chi connectivity index (χ1v) is 17.6. The maximum atomic E-state index is 9.99. The van der Waals surface area contributed by atoms with Crippen molar-refractivity contribution in [2.75, 3.05) is 13.2 Å². The average molecular weight is 833 g/mol. The molecular weight excluding hydrogens is 799 g/mol. The monoisotopic (exact) mass is 832 g/mol. The lowest BCUT2D eigenvalue weighted by molar-refractivity contribution is 0.264. The van der Waals surface area contributed by atoms with Crippen LogP contribution in [0.3, 0.4) is 0 Å². The van der Waals surface area contributed by atoms with Crippen LogP contribution < -0.4 is 26.4 Å². The highest BCUT2D eigenvalue weighted by Gasteiger charge is 2.48. The highest BCUT2D eigenvalue weighted by atomic mass is 79.9. The summed E-state index contributed by atoms with van der Waals surface area (Å²) < 4.78 is 23.8. The maximum Gasteiger partial charge on any atom is 0.491 e. The third-order valence-corrected chi connectivity index (χ3v) is 9.80. The first-order chi connectivity index (χ1) is 27.0. The molecule has 8 N–H and O–H groups in total. The number of rotatable bonds is 2. The van der Waals surface area contributed by atoms with Gasteiger partial charge in [-0.05, 0) is 72.3 Å². The summed E-state index contributed by atoms with van der Waals surface area (Å²) in [7, 11) is -1.47. The number of benzene rings is 4. The molecule has 0 radical (unpaired) electrons. The zero-order chi connectivity index (χ0) is 39.0. The second-order valence-electron chi connectivity index (χ2n) is 12.8. The van der Waals surface area contributed by atoms with E-state index >= 15 is 0 Å². The number of hydrogen-bond donors (Lipinski definition) is 6. The number of phenolic OH excluding ortho intramolecular Hbond substituents is 2. The Balaban J connectivity index is 0.000000143. The summed E-state index contributed by atoms with van der Waals surface area (Å²) in [4.78, 5) is 24.4. The van der Waals surface area contributed by atoms with Gasteiger partial charge in [0.15, 0.2) is 11.1 Å². The lowest BCUT2D eigenvalue weighted by Gasteiger charge is -2.33.